The van der Waals surface area contributed by atoms with Crippen molar-refractivity contribution in [3.63, 3.8) is 0 Å². The summed E-state index contributed by atoms with van der Waals surface area (Å²) >= 11 is 0. The van der Waals surface area contributed by atoms with Crippen molar-refractivity contribution >= 4 is 5.69 Å². The first-order valence-corrected chi connectivity index (χ1v) is 5.23. The number of ether oxygens (including phenoxy) is 1. The Labute approximate surface area is 85.3 Å². The Morgan fingerprint density at radius 1 is 1.43 bits per heavy atom. The first kappa shape index (κ1) is 9.38. The van der Waals surface area contributed by atoms with Gasteiger partial charge in [0.2, 0.25) is 0 Å². The Morgan fingerprint density at radius 2 is 2.21 bits per heavy atom. The van der Waals surface area contributed by atoms with E-state index in [1.807, 2.05) is 0 Å². The molecule has 0 amide bonds. The Hall–Kier alpha value is -1.18. The Morgan fingerprint density at radius 3 is 2.93 bits per heavy atom. The number of benzene rings is 1. The summed E-state index contributed by atoms with van der Waals surface area (Å²) in [4.78, 5) is 0. The minimum atomic E-state index is 0.322. The van der Waals surface area contributed by atoms with Gasteiger partial charge in [-0.2, -0.15) is 0 Å². The third kappa shape index (κ3) is 1.45. The average Bonchev–Trinajstić information content (AvgIpc) is 2.23. The van der Waals surface area contributed by atoms with Gasteiger partial charge in [-0.15, -0.1) is 0 Å². The number of aryl methyl sites for hydroxylation is 1. The smallest absolute Gasteiger partial charge is 0.146 e. The minimum absolute atomic E-state index is 0.322. The zero-order valence-electron chi connectivity index (χ0n) is 9.05. The molecule has 0 fully saturated rings. The van der Waals surface area contributed by atoms with Crippen molar-refractivity contribution in [3.05, 3.63) is 23.3 Å². The van der Waals surface area contributed by atoms with Gasteiger partial charge in [-0.25, -0.2) is 0 Å². The van der Waals surface area contributed by atoms with E-state index in [0.717, 1.165) is 24.4 Å². The van der Waals surface area contributed by atoms with Crippen LogP contribution in [0.2, 0.25) is 0 Å². The third-order valence-corrected chi connectivity index (χ3v) is 2.94. The van der Waals surface area contributed by atoms with E-state index in [4.69, 9.17) is 4.74 Å². The third-order valence-electron chi connectivity index (χ3n) is 2.94. The number of anilines is 1. The van der Waals surface area contributed by atoms with Crippen LogP contribution in [-0.2, 0) is 0 Å². The number of fused-ring (bicyclic) bond motifs is 1. The van der Waals surface area contributed by atoms with Gasteiger partial charge in [0.1, 0.15) is 11.9 Å². The van der Waals surface area contributed by atoms with Gasteiger partial charge < -0.3 is 10.1 Å². The lowest BCUT2D eigenvalue weighted by Crippen LogP contribution is -2.30. The van der Waals surface area contributed by atoms with Crippen LogP contribution in [0.1, 0.15) is 24.5 Å². The van der Waals surface area contributed by atoms with Crippen molar-refractivity contribution in [2.75, 3.05) is 11.9 Å². The predicted octanol–water partition coefficient (Wildman–Crippen LogP) is 2.89. The zero-order chi connectivity index (χ0) is 10.1. The molecule has 0 aromatic heterocycles. The SMILES string of the molecule is CCC1CNc2ccc(C)c(C)c2O1. The molecule has 1 unspecified atom stereocenters. The van der Waals surface area contributed by atoms with E-state index in [0.29, 0.717) is 6.10 Å². The molecule has 1 aromatic rings. The second-order valence-corrected chi connectivity index (χ2v) is 3.91. The molecule has 2 rings (SSSR count). The fourth-order valence-corrected chi connectivity index (χ4v) is 1.74. The maximum Gasteiger partial charge on any atom is 0.146 e. The van der Waals surface area contributed by atoms with Gasteiger partial charge in [-0.1, -0.05) is 13.0 Å². The standard InChI is InChI=1S/C12H17NO/c1-4-10-7-13-11-6-5-8(2)9(3)12(11)14-10/h5-6,10,13H,4,7H2,1-3H3. The van der Waals surface area contributed by atoms with Crippen LogP contribution in [0.3, 0.4) is 0 Å². The first-order chi connectivity index (χ1) is 6.72. The van der Waals surface area contributed by atoms with Gasteiger partial charge in [0, 0.05) is 0 Å². The maximum atomic E-state index is 5.93. The second kappa shape index (κ2) is 3.52. The van der Waals surface area contributed by atoms with Crippen LogP contribution in [0, 0.1) is 13.8 Å². The highest BCUT2D eigenvalue weighted by atomic mass is 16.5. The number of rotatable bonds is 1. The summed E-state index contributed by atoms with van der Waals surface area (Å²) in [5, 5.41) is 3.41. The van der Waals surface area contributed by atoms with Crippen molar-refractivity contribution in [1.82, 2.24) is 0 Å². The predicted molar refractivity (Wildman–Crippen MR) is 59.1 cm³/mol. The molecule has 2 heteroatoms. The van der Waals surface area contributed by atoms with Gasteiger partial charge in [0.15, 0.2) is 0 Å². The summed E-state index contributed by atoms with van der Waals surface area (Å²) in [6, 6.07) is 4.24. The summed E-state index contributed by atoms with van der Waals surface area (Å²) < 4.78 is 5.93. The molecule has 1 atom stereocenters. The summed E-state index contributed by atoms with van der Waals surface area (Å²) in [6.45, 7) is 7.32. The molecule has 14 heavy (non-hydrogen) atoms. The minimum Gasteiger partial charge on any atom is -0.486 e. The van der Waals surface area contributed by atoms with Gasteiger partial charge in [-0.3, -0.25) is 0 Å². The van der Waals surface area contributed by atoms with Crippen LogP contribution in [0.25, 0.3) is 0 Å². The molecular weight excluding hydrogens is 174 g/mol. The van der Waals surface area contributed by atoms with Gasteiger partial charge in [0.05, 0.1) is 12.2 Å². The monoisotopic (exact) mass is 191 g/mol. The molecule has 2 nitrogen and oxygen atoms in total. The molecule has 1 aliphatic heterocycles. The van der Waals surface area contributed by atoms with E-state index in [-0.39, 0.29) is 0 Å². The fourth-order valence-electron chi connectivity index (χ4n) is 1.74. The Kier molecular flexibility index (Phi) is 2.36. The highest BCUT2D eigenvalue weighted by molar-refractivity contribution is 5.63. The van der Waals surface area contributed by atoms with E-state index in [1.54, 1.807) is 0 Å². The van der Waals surface area contributed by atoms with E-state index < -0.39 is 0 Å². The lowest BCUT2D eigenvalue weighted by atomic mass is 10.1. The number of hydrogen-bond acceptors (Lipinski definition) is 2. The lowest BCUT2D eigenvalue weighted by Gasteiger charge is -2.28. The second-order valence-electron chi connectivity index (χ2n) is 3.91. The Bertz CT molecular complexity index is 346. The Balaban J connectivity index is 2.38. The quantitative estimate of drug-likeness (QED) is 0.737. The van der Waals surface area contributed by atoms with Crippen molar-refractivity contribution in [2.45, 2.75) is 33.3 Å². The van der Waals surface area contributed by atoms with Crippen molar-refractivity contribution in [2.24, 2.45) is 0 Å². The van der Waals surface area contributed by atoms with Crippen LogP contribution >= 0.6 is 0 Å². The van der Waals surface area contributed by atoms with Gasteiger partial charge in [0.25, 0.3) is 0 Å². The van der Waals surface area contributed by atoms with Crippen LogP contribution < -0.4 is 10.1 Å². The molecule has 0 saturated heterocycles. The van der Waals surface area contributed by atoms with Gasteiger partial charge in [-0.05, 0) is 37.5 Å². The number of hydrogen-bond donors (Lipinski definition) is 1. The average molecular weight is 191 g/mol. The lowest BCUT2D eigenvalue weighted by molar-refractivity contribution is 0.200. The van der Waals surface area contributed by atoms with Crippen LogP contribution in [0.4, 0.5) is 5.69 Å². The maximum absolute atomic E-state index is 5.93. The highest BCUT2D eigenvalue weighted by Crippen LogP contribution is 2.34. The molecule has 0 saturated carbocycles. The molecule has 1 N–H and O–H groups in total. The van der Waals surface area contributed by atoms with Crippen LogP contribution in [0.5, 0.6) is 5.75 Å². The largest absolute Gasteiger partial charge is 0.486 e. The molecule has 1 heterocycles. The molecule has 0 spiro atoms. The van der Waals surface area contributed by atoms with Crippen molar-refractivity contribution in [1.29, 1.82) is 0 Å². The topological polar surface area (TPSA) is 21.3 Å². The molecule has 0 bridgehead atoms. The van der Waals surface area contributed by atoms with Crippen molar-refractivity contribution < 1.29 is 4.74 Å². The van der Waals surface area contributed by atoms with Gasteiger partial charge >= 0.3 is 0 Å². The van der Waals surface area contributed by atoms with Crippen LogP contribution in [-0.4, -0.2) is 12.6 Å². The van der Waals surface area contributed by atoms with Crippen LogP contribution in [0.15, 0.2) is 12.1 Å². The summed E-state index contributed by atoms with van der Waals surface area (Å²) in [5.74, 6) is 1.04. The normalized spacial score (nSPS) is 19.5. The highest BCUT2D eigenvalue weighted by Gasteiger charge is 2.19. The van der Waals surface area contributed by atoms with E-state index >= 15 is 0 Å². The molecular formula is C12H17NO. The van der Waals surface area contributed by atoms with E-state index in [1.165, 1.54) is 11.1 Å². The summed E-state index contributed by atoms with van der Waals surface area (Å²) in [7, 11) is 0. The van der Waals surface area contributed by atoms with E-state index in [2.05, 4.69) is 38.2 Å². The van der Waals surface area contributed by atoms with Crippen molar-refractivity contribution in [3.8, 4) is 5.75 Å². The summed E-state index contributed by atoms with van der Waals surface area (Å²) in [5.41, 5.74) is 3.69. The fraction of sp³-hybridized carbons (Fsp3) is 0.500. The van der Waals surface area contributed by atoms with E-state index in [9.17, 15) is 0 Å². The molecule has 0 aliphatic carbocycles. The number of nitrogens with one attached hydrogen (secondary N) is 1. The first-order valence-electron chi connectivity index (χ1n) is 5.23. The zero-order valence-corrected chi connectivity index (χ0v) is 9.05. The molecule has 0 radical (unpaired) electrons. The molecule has 1 aromatic carbocycles. The molecule has 1 aliphatic rings. The summed E-state index contributed by atoms with van der Waals surface area (Å²) in [6.07, 6.45) is 1.38. The molecule has 76 valence electrons.